The van der Waals surface area contributed by atoms with Crippen LogP contribution in [0.3, 0.4) is 0 Å². The molecule has 3 N–H and O–H groups in total. The van der Waals surface area contributed by atoms with Gasteiger partial charge in [-0.1, -0.05) is 6.07 Å². The van der Waals surface area contributed by atoms with Crippen LogP contribution in [0.2, 0.25) is 0 Å². The molecule has 1 fully saturated rings. The predicted molar refractivity (Wildman–Crippen MR) is 76.3 cm³/mol. The number of nitrogens with two attached hydrogens (primary N) is 1. The zero-order chi connectivity index (χ0) is 14.0. The average molecular weight is 281 g/mol. The van der Waals surface area contributed by atoms with E-state index in [1.165, 1.54) is 6.07 Å². The van der Waals surface area contributed by atoms with Crippen LogP contribution in [0.15, 0.2) is 18.2 Å². The van der Waals surface area contributed by atoms with E-state index in [-0.39, 0.29) is 17.8 Å². The minimum Gasteiger partial charge on any atom is -0.368 e. The molecule has 102 valence electrons. The van der Waals surface area contributed by atoms with Gasteiger partial charge in [-0.05, 0) is 49.7 Å². The summed E-state index contributed by atoms with van der Waals surface area (Å²) < 4.78 is 13.4. The fraction of sp³-hybridized carbons (Fsp3) is 0.385. The second-order valence-electron chi connectivity index (χ2n) is 4.65. The lowest BCUT2D eigenvalue weighted by atomic mass is 10.2. The molecule has 0 aliphatic carbocycles. The van der Waals surface area contributed by atoms with Gasteiger partial charge in [0.05, 0.1) is 0 Å². The average Bonchev–Trinajstić information content (AvgIpc) is 2.83. The van der Waals surface area contributed by atoms with E-state index in [2.05, 4.69) is 5.32 Å². The maximum absolute atomic E-state index is 13.4. The molecule has 0 aromatic heterocycles. The summed E-state index contributed by atoms with van der Waals surface area (Å²) in [6.45, 7) is 2.38. The first-order valence-electron chi connectivity index (χ1n) is 6.12. The Hall–Kier alpha value is -1.69. The number of likely N-dealkylation sites (tertiary alicyclic amines) is 1. The number of halogens is 1. The molecular formula is C13H16FN3OS. The first-order chi connectivity index (χ1) is 8.99. The molecule has 0 bridgehead atoms. The van der Waals surface area contributed by atoms with Crippen LogP contribution >= 0.6 is 12.2 Å². The van der Waals surface area contributed by atoms with Gasteiger partial charge >= 0.3 is 0 Å². The van der Waals surface area contributed by atoms with E-state index in [4.69, 9.17) is 18.0 Å². The second kappa shape index (κ2) is 5.52. The van der Waals surface area contributed by atoms with Gasteiger partial charge in [0.15, 0.2) is 5.11 Å². The molecule has 1 aromatic carbocycles. The lowest BCUT2D eigenvalue weighted by Crippen LogP contribution is -2.45. The van der Waals surface area contributed by atoms with Crippen molar-refractivity contribution in [1.29, 1.82) is 0 Å². The number of hydrogen-bond acceptors (Lipinski definition) is 2. The van der Waals surface area contributed by atoms with E-state index < -0.39 is 0 Å². The van der Waals surface area contributed by atoms with Crippen LogP contribution in [0.5, 0.6) is 0 Å². The third kappa shape index (κ3) is 3.01. The third-order valence-corrected chi connectivity index (χ3v) is 3.60. The minimum atomic E-state index is -0.378. The van der Waals surface area contributed by atoms with Crippen molar-refractivity contribution >= 4 is 28.9 Å². The molecule has 1 saturated heterocycles. The summed E-state index contributed by atoms with van der Waals surface area (Å²) >= 11 is 5.25. The second-order valence-corrected chi connectivity index (χ2v) is 5.03. The molecule has 0 spiro atoms. The lowest BCUT2D eigenvalue weighted by Gasteiger charge is -2.25. The number of carbonyl (C=O) groups excluding carboxylic acids is 1. The van der Waals surface area contributed by atoms with E-state index in [1.807, 2.05) is 0 Å². The maximum atomic E-state index is 13.4. The van der Waals surface area contributed by atoms with Gasteiger partial charge < -0.3 is 16.0 Å². The zero-order valence-corrected chi connectivity index (χ0v) is 11.5. The van der Waals surface area contributed by atoms with Crippen molar-refractivity contribution in [2.45, 2.75) is 25.8 Å². The number of benzene rings is 1. The lowest BCUT2D eigenvalue weighted by molar-refractivity contribution is -0.121. The highest BCUT2D eigenvalue weighted by Gasteiger charge is 2.30. The Bertz CT molecular complexity index is 521. The highest BCUT2D eigenvalue weighted by Crippen LogP contribution is 2.20. The van der Waals surface area contributed by atoms with Crippen LogP contribution in [0, 0.1) is 12.7 Å². The van der Waals surface area contributed by atoms with Gasteiger partial charge in [-0.15, -0.1) is 0 Å². The van der Waals surface area contributed by atoms with Crippen LogP contribution in [0.1, 0.15) is 18.4 Å². The van der Waals surface area contributed by atoms with Crippen LogP contribution in [-0.2, 0) is 4.79 Å². The number of nitrogens with zero attached hydrogens (tertiary/aromatic N) is 1. The van der Waals surface area contributed by atoms with Gasteiger partial charge in [0.2, 0.25) is 5.91 Å². The maximum Gasteiger partial charge on any atom is 0.240 e. The van der Waals surface area contributed by atoms with Gasteiger partial charge in [0.1, 0.15) is 11.9 Å². The van der Waals surface area contributed by atoms with Gasteiger partial charge in [-0.2, -0.15) is 0 Å². The van der Waals surface area contributed by atoms with Gasteiger partial charge in [0, 0.05) is 12.2 Å². The number of amides is 1. The molecule has 1 aliphatic heterocycles. The van der Waals surface area contributed by atoms with Crippen molar-refractivity contribution in [1.82, 2.24) is 4.90 Å². The molecule has 2 rings (SSSR count). The summed E-state index contributed by atoms with van der Waals surface area (Å²) in [5.41, 5.74) is 6.48. The molecule has 1 heterocycles. The molecule has 0 radical (unpaired) electrons. The van der Waals surface area contributed by atoms with Crippen LogP contribution in [0.25, 0.3) is 0 Å². The van der Waals surface area contributed by atoms with Crippen LogP contribution < -0.4 is 11.1 Å². The molecule has 1 aliphatic rings. The van der Waals surface area contributed by atoms with Crippen molar-refractivity contribution in [3.05, 3.63) is 29.6 Å². The summed E-state index contributed by atoms with van der Waals surface area (Å²) in [7, 11) is 0. The van der Waals surface area contributed by atoms with E-state index in [0.717, 1.165) is 6.42 Å². The number of primary amides is 1. The van der Waals surface area contributed by atoms with E-state index in [9.17, 15) is 9.18 Å². The summed E-state index contributed by atoms with van der Waals surface area (Å²) in [6, 6.07) is 4.45. The van der Waals surface area contributed by atoms with Gasteiger partial charge in [-0.3, -0.25) is 4.79 Å². The van der Waals surface area contributed by atoms with Crippen molar-refractivity contribution in [2.75, 3.05) is 11.9 Å². The highest BCUT2D eigenvalue weighted by atomic mass is 32.1. The largest absolute Gasteiger partial charge is 0.368 e. The van der Waals surface area contributed by atoms with Crippen molar-refractivity contribution in [2.24, 2.45) is 5.73 Å². The highest BCUT2D eigenvalue weighted by molar-refractivity contribution is 7.80. The van der Waals surface area contributed by atoms with Crippen LogP contribution in [-0.4, -0.2) is 28.5 Å². The molecule has 19 heavy (non-hydrogen) atoms. The zero-order valence-electron chi connectivity index (χ0n) is 10.6. The number of thiocarbonyl (C=S) groups is 1. The molecule has 6 heteroatoms. The normalized spacial score (nSPS) is 18.4. The molecular weight excluding hydrogens is 265 g/mol. The van der Waals surface area contributed by atoms with Crippen molar-refractivity contribution < 1.29 is 9.18 Å². The van der Waals surface area contributed by atoms with E-state index >= 15 is 0 Å². The van der Waals surface area contributed by atoms with E-state index in [0.29, 0.717) is 29.3 Å². The smallest absolute Gasteiger partial charge is 0.240 e. The van der Waals surface area contributed by atoms with Crippen LogP contribution in [0.4, 0.5) is 10.1 Å². The number of rotatable bonds is 2. The molecule has 0 saturated carbocycles. The quantitative estimate of drug-likeness (QED) is 0.811. The fourth-order valence-electron chi connectivity index (χ4n) is 2.17. The summed E-state index contributed by atoms with van der Waals surface area (Å²) in [6.07, 6.45) is 1.58. The van der Waals surface area contributed by atoms with Gasteiger partial charge in [0.25, 0.3) is 0 Å². The molecule has 1 amide bonds. The minimum absolute atomic E-state index is 0.291. The Labute approximate surface area is 116 Å². The summed E-state index contributed by atoms with van der Waals surface area (Å²) in [5, 5.41) is 3.35. The molecule has 1 aromatic rings. The first-order valence-corrected chi connectivity index (χ1v) is 6.53. The number of anilines is 1. The topological polar surface area (TPSA) is 58.4 Å². The molecule has 0 unspecified atom stereocenters. The Morgan fingerprint density at radius 3 is 2.95 bits per heavy atom. The number of hydrogen-bond donors (Lipinski definition) is 2. The summed E-state index contributed by atoms with van der Waals surface area (Å²) in [4.78, 5) is 13.1. The molecule has 4 nitrogen and oxygen atoms in total. The first kappa shape index (κ1) is 13.7. The number of aryl methyl sites for hydroxylation is 1. The number of carbonyl (C=O) groups is 1. The predicted octanol–water partition coefficient (Wildman–Crippen LogP) is 1.78. The molecule has 1 atom stereocenters. The fourth-order valence-corrected chi connectivity index (χ4v) is 2.51. The Balaban J connectivity index is 2.08. The van der Waals surface area contributed by atoms with Crippen molar-refractivity contribution in [3.63, 3.8) is 0 Å². The Morgan fingerprint density at radius 2 is 2.32 bits per heavy atom. The standard InChI is InChI=1S/C13H16FN3OS/c1-8-4-5-9(7-10(8)14)16-13(19)17-6-2-3-11(17)12(15)18/h4-5,7,11H,2-3,6H2,1H3,(H2,15,18)(H,16,19)/t11-/m1/s1. The van der Waals surface area contributed by atoms with E-state index in [1.54, 1.807) is 24.0 Å². The van der Waals surface area contributed by atoms with Crippen molar-refractivity contribution in [3.8, 4) is 0 Å². The monoisotopic (exact) mass is 281 g/mol. The third-order valence-electron chi connectivity index (χ3n) is 3.27. The Kier molecular flexibility index (Phi) is 3.99. The SMILES string of the molecule is Cc1ccc(NC(=S)N2CCC[C@@H]2C(N)=O)cc1F. The van der Waals surface area contributed by atoms with Gasteiger partial charge in [-0.25, -0.2) is 4.39 Å². The summed E-state index contributed by atoms with van der Waals surface area (Å²) in [5.74, 6) is -0.669. The Morgan fingerprint density at radius 1 is 1.58 bits per heavy atom. The number of nitrogens with one attached hydrogen (secondary N) is 1.